The summed E-state index contributed by atoms with van der Waals surface area (Å²) in [5.41, 5.74) is 1.15. The van der Waals surface area contributed by atoms with Crippen LogP contribution in [0.5, 0.6) is 0 Å². The summed E-state index contributed by atoms with van der Waals surface area (Å²) < 4.78 is 0. The Morgan fingerprint density at radius 1 is 1.00 bits per heavy atom. The Balaban J connectivity index is 1.31. The zero-order chi connectivity index (χ0) is 16.9. The number of aromatic nitrogens is 1. The summed E-state index contributed by atoms with van der Waals surface area (Å²) in [5, 5.41) is 6.29. The van der Waals surface area contributed by atoms with Crippen molar-refractivity contribution in [2.24, 2.45) is 23.2 Å². The van der Waals surface area contributed by atoms with Crippen LogP contribution < -0.4 is 5.32 Å². The molecule has 1 N–H and O–H groups in total. The monoisotopic (exact) mass is 358 g/mol. The lowest BCUT2D eigenvalue weighted by Crippen LogP contribution is -2.46. The van der Waals surface area contributed by atoms with Gasteiger partial charge in [-0.25, -0.2) is 4.98 Å². The maximum atomic E-state index is 13.3. The maximum absolute atomic E-state index is 13.3. The van der Waals surface area contributed by atoms with E-state index in [1.54, 1.807) is 11.3 Å². The molecule has 1 amide bonds. The molecule has 5 saturated carbocycles. The third kappa shape index (κ3) is 3.05. The first kappa shape index (κ1) is 16.3. The number of carbonyl (C=O) groups excluding carboxylic acids is 1. The first-order valence-corrected chi connectivity index (χ1v) is 11.3. The molecule has 4 bridgehead atoms. The average molecular weight is 359 g/mol. The molecule has 2 atom stereocenters. The van der Waals surface area contributed by atoms with Gasteiger partial charge in [0.2, 0.25) is 5.91 Å². The predicted molar refractivity (Wildman–Crippen MR) is 102 cm³/mol. The summed E-state index contributed by atoms with van der Waals surface area (Å²) in [4.78, 5) is 18.1. The van der Waals surface area contributed by atoms with Crippen molar-refractivity contribution < 1.29 is 4.79 Å². The molecule has 25 heavy (non-hydrogen) atoms. The molecule has 1 aromatic heterocycles. The highest BCUT2D eigenvalue weighted by molar-refractivity contribution is 7.13. The minimum Gasteiger partial charge on any atom is -0.301 e. The van der Waals surface area contributed by atoms with Crippen LogP contribution in [0.4, 0.5) is 5.13 Å². The Hall–Kier alpha value is -0.900. The lowest BCUT2D eigenvalue weighted by atomic mass is 9.58. The average Bonchev–Trinajstić information content (AvgIpc) is 2.98. The number of nitrogens with zero attached hydrogens (tertiary/aromatic N) is 1. The maximum Gasteiger partial charge on any atom is 0.232 e. The van der Waals surface area contributed by atoms with Crippen LogP contribution in [0.3, 0.4) is 0 Å². The Kier molecular flexibility index (Phi) is 4.15. The van der Waals surface area contributed by atoms with Crippen molar-refractivity contribution in [1.82, 2.24) is 4.98 Å². The molecule has 6 rings (SSSR count). The van der Waals surface area contributed by atoms with Crippen LogP contribution in [0.2, 0.25) is 0 Å². The fraction of sp³-hybridized carbons (Fsp3) is 0.810. The molecular formula is C21H30N2OS. The van der Waals surface area contributed by atoms with Gasteiger partial charge in [-0.3, -0.25) is 4.79 Å². The van der Waals surface area contributed by atoms with Crippen LogP contribution in [0.25, 0.3) is 0 Å². The van der Waals surface area contributed by atoms with Crippen molar-refractivity contribution in [3.63, 3.8) is 0 Å². The van der Waals surface area contributed by atoms with E-state index < -0.39 is 0 Å². The Bertz CT molecular complexity index is 632. The minimum absolute atomic E-state index is 0.0797. The summed E-state index contributed by atoms with van der Waals surface area (Å²) in [7, 11) is 0. The summed E-state index contributed by atoms with van der Waals surface area (Å²) in [6.07, 6.45) is 15.5. The molecule has 3 nitrogen and oxygen atoms in total. The Labute approximate surface area is 155 Å². The quantitative estimate of drug-likeness (QED) is 0.749. The molecule has 5 aliphatic carbocycles. The molecule has 5 aliphatic rings. The van der Waals surface area contributed by atoms with E-state index in [0.29, 0.717) is 11.8 Å². The molecule has 4 heteroatoms. The van der Waals surface area contributed by atoms with E-state index in [2.05, 4.69) is 10.7 Å². The summed E-state index contributed by atoms with van der Waals surface area (Å²) >= 11 is 1.64. The van der Waals surface area contributed by atoms with Crippen LogP contribution in [0.1, 0.15) is 88.7 Å². The first-order chi connectivity index (χ1) is 12.2. The summed E-state index contributed by atoms with van der Waals surface area (Å²) in [5.74, 6) is 3.31. The zero-order valence-electron chi connectivity index (χ0n) is 15.1. The minimum atomic E-state index is -0.0797. The number of carbonyl (C=O) groups is 1. The summed E-state index contributed by atoms with van der Waals surface area (Å²) in [6, 6.07) is 0. The number of amides is 1. The fourth-order valence-electron chi connectivity index (χ4n) is 6.63. The number of nitrogens with one attached hydrogen (secondary N) is 1. The molecule has 136 valence electrons. The van der Waals surface area contributed by atoms with E-state index in [-0.39, 0.29) is 5.41 Å². The SMILES string of the molecule is O=C(Nc1nc(C2CCCCC2)cs1)C12CC3CCC(CC(C3)C1)C2. The largest absolute Gasteiger partial charge is 0.301 e. The number of fused-ring (bicyclic) bond motifs is 1. The number of thiazole rings is 1. The summed E-state index contributed by atoms with van der Waals surface area (Å²) in [6.45, 7) is 0. The smallest absolute Gasteiger partial charge is 0.232 e. The number of hydrogen-bond acceptors (Lipinski definition) is 3. The molecule has 5 fully saturated rings. The molecule has 0 aromatic carbocycles. The lowest BCUT2D eigenvalue weighted by Gasteiger charge is -2.46. The van der Waals surface area contributed by atoms with E-state index >= 15 is 0 Å². The molecule has 0 aliphatic heterocycles. The van der Waals surface area contributed by atoms with Crippen molar-refractivity contribution in [3.05, 3.63) is 11.1 Å². The molecule has 0 saturated heterocycles. The van der Waals surface area contributed by atoms with Gasteiger partial charge in [0.1, 0.15) is 0 Å². The van der Waals surface area contributed by atoms with Gasteiger partial charge in [-0.15, -0.1) is 11.3 Å². The number of rotatable bonds is 3. The third-order valence-electron chi connectivity index (χ3n) is 7.60. The van der Waals surface area contributed by atoms with Gasteiger partial charge in [0.15, 0.2) is 5.13 Å². The van der Waals surface area contributed by atoms with Gasteiger partial charge in [0.05, 0.1) is 11.1 Å². The van der Waals surface area contributed by atoms with E-state index in [9.17, 15) is 4.79 Å². The van der Waals surface area contributed by atoms with E-state index in [1.165, 1.54) is 63.5 Å². The highest BCUT2D eigenvalue weighted by Gasteiger charge is 2.52. The van der Waals surface area contributed by atoms with Crippen molar-refractivity contribution in [3.8, 4) is 0 Å². The van der Waals surface area contributed by atoms with E-state index in [0.717, 1.165) is 42.1 Å². The van der Waals surface area contributed by atoms with Crippen molar-refractivity contribution in [2.45, 2.75) is 83.0 Å². The molecular weight excluding hydrogens is 328 g/mol. The van der Waals surface area contributed by atoms with Crippen molar-refractivity contribution in [2.75, 3.05) is 5.32 Å². The van der Waals surface area contributed by atoms with Gasteiger partial charge < -0.3 is 5.32 Å². The van der Waals surface area contributed by atoms with Crippen LogP contribution in [0, 0.1) is 23.2 Å². The molecule has 1 heterocycles. The predicted octanol–water partition coefficient (Wildman–Crippen LogP) is 5.74. The second-order valence-electron chi connectivity index (χ2n) is 9.41. The Morgan fingerprint density at radius 2 is 1.68 bits per heavy atom. The topological polar surface area (TPSA) is 42.0 Å². The molecule has 0 radical (unpaired) electrons. The molecule has 2 unspecified atom stereocenters. The lowest BCUT2D eigenvalue weighted by molar-refractivity contribution is -0.132. The van der Waals surface area contributed by atoms with Gasteiger partial charge in [-0.2, -0.15) is 0 Å². The van der Waals surface area contributed by atoms with Crippen LogP contribution >= 0.6 is 11.3 Å². The highest BCUT2D eigenvalue weighted by atomic mass is 32.1. The van der Waals surface area contributed by atoms with Crippen molar-refractivity contribution >= 4 is 22.4 Å². The normalized spacial score (nSPS) is 37.8. The second kappa shape index (κ2) is 6.37. The highest BCUT2D eigenvalue weighted by Crippen LogP contribution is 2.58. The zero-order valence-corrected chi connectivity index (χ0v) is 16.0. The molecule has 0 spiro atoms. The Morgan fingerprint density at radius 3 is 2.40 bits per heavy atom. The van der Waals surface area contributed by atoms with Crippen molar-refractivity contribution in [1.29, 1.82) is 0 Å². The van der Waals surface area contributed by atoms with Gasteiger partial charge in [-0.1, -0.05) is 32.1 Å². The standard InChI is InChI=1S/C21H30N2OS/c24-19(21-10-14-6-7-15(11-21)9-16(8-14)12-21)23-20-22-18(13-25-20)17-4-2-1-3-5-17/h13-17H,1-12H2,(H,22,23,24). The third-order valence-corrected chi connectivity index (χ3v) is 8.38. The second-order valence-corrected chi connectivity index (χ2v) is 10.3. The van der Waals surface area contributed by atoms with Crippen LogP contribution in [0.15, 0.2) is 5.38 Å². The van der Waals surface area contributed by atoms with Gasteiger partial charge in [-0.05, 0) is 62.7 Å². The number of anilines is 1. The van der Waals surface area contributed by atoms with Gasteiger partial charge in [0.25, 0.3) is 0 Å². The van der Waals surface area contributed by atoms with Gasteiger partial charge in [0, 0.05) is 11.3 Å². The molecule has 1 aromatic rings. The fourth-order valence-corrected chi connectivity index (χ4v) is 7.42. The van der Waals surface area contributed by atoms with Crippen LogP contribution in [-0.2, 0) is 4.79 Å². The van der Waals surface area contributed by atoms with E-state index in [1.807, 2.05) is 0 Å². The van der Waals surface area contributed by atoms with Gasteiger partial charge >= 0.3 is 0 Å². The first-order valence-electron chi connectivity index (χ1n) is 10.5. The number of hydrogen-bond donors (Lipinski definition) is 1. The van der Waals surface area contributed by atoms with Crippen LogP contribution in [-0.4, -0.2) is 10.9 Å². The van der Waals surface area contributed by atoms with E-state index in [4.69, 9.17) is 4.98 Å².